The summed E-state index contributed by atoms with van der Waals surface area (Å²) in [7, 11) is 0. The van der Waals surface area contributed by atoms with Crippen molar-refractivity contribution in [2.45, 2.75) is 0 Å². The molecule has 0 fully saturated rings. The van der Waals surface area contributed by atoms with Crippen LogP contribution in [0.1, 0.15) is 10.4 Å². The fourth-order valence-electron chi connectivity index (χ4n) is 2.24. The molecule has 2 aromatic carbocycles. The van der Waals surface area contributed by atoms with E-state index in [1.807, 2.05) is 0 Å². The Labute approximate surface area is 137 Å². The Morgan fingerprint density at radius 1 is 1.00 bits per heavy atom. The number of nitrogens with two attached hydrogens (primary N) is 1. The maximum Gasteiger partial charge on any atom is 0.267 e. The van der Waals surface area contributed by atoms with Crippen molar-refractivity contribution in [3.05, 3.63) is 88.6 Å². The number of halogens is 1. The highest BCUT2D eigenvalue weighted by atomic mass is 19.1. The maximum atomic E-state index is 13.0. The van der Waals surface area contributed by atoms with Gasteiger partial charge in [0.15, 0.2) is 0 Å². The normalized spacial score (nSPS) is 10.4. The van der Waals surface area contributed by atoms with Crippen LogP contribution in [0.5, 0.6) is 0 Å². The van der Waals surface area contributed by atoms with Crippen LogP contribution in [0.15, 0.2) is 71.7 Å². The zero-order chi connectivity index (χ0) is 17.1. The van der Waals surface area contributed by atoms with Crippen molar-refractivity contribution >= 4 is 17.3 Å². The van der Waals surface area contributed by atoms with E-state index < -0.39 is 17.3 Å². The zero-order valence-electron chi connectivity index (χ0n) is 12.6. The number of carbonyl (C=O) groups excluding carboxylic acids is 1. The number of amides is 1. The smallest absolute Gasteiger partial charge is 0.267 e. The van der Waals surface area contributed by atoms with Crippen molar-refractivity contribution in [1.29, 1.82) is 0 Å². The molecule has 0 aliphatic carbocycles. The number of aromatic nitrogens is 1. The lowest BCUT2D eigenvalue weighted by atomic mass is 10.2. The number of benzene rings is 2. The molecule has 3 rings (SSSR count). The van der Waals surface area contributed by atoms with Gasteiger partial charge in [-0.2, -0.15) is 0 Å². The van der Waals surface area contributed by atoms with E-state index in [2.05, 4.69) is 5.32 Å². The molecule has 0 saturated carbocycles. The molecule has 0 atom stereocenters. The average Bonchev–Trinajstić information content (AvgIpc) is 2.58. The number of nitrogen functional groups attached to an aromatic ring is 1. The first-order valence-electron chi connectivity index (χ1n) is 7.19. The van der Waals surface area contributed by atoms with Gasteiger partial charge in [0.1, 0.15) is 11.4 Å². The van der Waals surface area contributed by atoms with Crippen LogP contribution in [0.4, 0.5) is 15.8 Å². The highest BCUT2D eigenvalue weighted by Gasteiger charge is 2.13. The third-order valence-electron chi connectivity index (χ3n) is 3.47. The summed E-state index contributed by atoms with van der Waals surface area (Å²) in [6.45, 7) is 0. The van der Waals surface area contributed by atoms with E-state index in [1.165, 1.54) is 41.1 Å². The van der Waals surface area contributed by atoms with Crippen LogP contribution in [0, 0.1) is 5.82 Å². The molecule has 120 valence electrons. The van der Waals surface area contributed by atoms with Crippen LogP contribution >= 0.6 is 0 Å². The minimum atomic E-state index is -0.527. The van der Waals surface area contributed by atoms with Gasteiger partial charge in [0, 0.05) is 23.3 Å². The number of nitrogens with zero attached hydrogens (tertiary/aromatic N) is 1. The Morgan fingerprint density at radius 2 is 1.67 bits per heavy atom. The number of nitrogens with one attached hydrogen (secondary N) is 1. The maximum absolute atomic E-state index is 13.0. The topological polar surface area (TPSA) is 77.1 Å². The molecule has 24 heavy (non-hydrogen) atoms. The van der Waals surface area contributed by atoms with E-state index in [4.69, 9.17) is 5.73 Å². The second-order valence-corrected chi connectivity index (χ2v) is 5.15. The van der Waals surface area contributed by atoms with E-state index in [9.17, 15) is 14.0 Å². The van der Waals surface area contributed by atoms with Gasteiger partial charge in [0.25, 0.3) is 11.5 Å². The monoisotopic (exact) mass is 323 g/mol. The molecule has 5 nitrogen and oxygen atoms in total. The van der Waals surface area contributed by atoms with Crippen molar-refractivity contribution in [2.75, 3.05) is 11.1 Å². The third-order valence-corrected chi connectivity index (χ3v) is 3.47. The summed E-state index contributed by atoms with van der Waals surface area (Å²) in [6.07, 6.45) is 1.52. The Morgan fingerprint density at radius 3 is 2.33 bits per heavy atom. The van der Waals surface area contributed by atoms with Gasteiger partial charge in [0.2, 0.25) is 0 Å². The number of hydrogen-bond donors (Lipinski definition) is 2. The summed E-state index contributed by atoms with van der Waals surface area (Å²) < 4.78 is 14.3. The van der Waals surface area contributed by atoms with Gasteiger partial charge >= 0.3 is 0 Å². The van der Waals surface area contributed by atoms with Crippen molar-refractivity contribution in [1.82, 2.24) is 4.57 Å². The fraction of sp³-hybridized carbons (Fsp3) is 0. The molecule has 3 N–H and O–H groups in total. The van der Waals surface area contributed by atoms with E-state index in [0.29, 0.717) is 17.1 Å². The quantitative estimate of drug-likeness (QED) is 0.728. The number of rotatable bonds is 3. The second-order valence-electron chi connectivity index (χ2n) is 5.15. The van der Waals surface area contributed by atoms with Crippen molar-refractivity contribution in [2.24, 2.45) is 0 Å². The van der Waals surface area contributed by atoms with Crippen molar-refractivity contribution < 1.29 is 9.18 Å². The molecule has 0 unspecified atom stereocenters. The molecule has 0 aliphatic heterocycles. The first-order valence-corrected chi connectivity index (χ1v) is 7.19. The second kappa shape index (κ2) is 6.37. The van der Waals surface area contributed by atoms with Gasteiger partial charge in [-0.15, -0.1) is 0 Å². The standard InChI is InChI=1S/C18H14FN3O2/c19-12-3-9-15(10-4-12)22-11-1-2-16(18(22)24)17(23)21-14-7-5-13(20)6-8-14/h1-11H,20H2,(H,21,23). The molecule has 1 amide bonds. The molecule has 3 aromatic rings. The van der Waals surface area contributed by atoms with E-state index in [0.717, 1.165) is 0 Å². The number of hydrogen-bond acceptors (Lipinski definition) is 3. The Bertz CT molecular complexity index is 932. The lowest BCUT2D eigenvalue weighted by Crippen LogP contribution is -2.27. The minimum absolute atomic E-state index is 0.0151. The molecule has 0 saturated heterocycles. The SMILES string of the molecule is Nc1ccc(NC(=O)c2cccn(-c3ccc(F)cc3)c2=O)cc1. The Kier molecular flexibility index (Phi) is 4.11. The summed E-state index contributed by atoms with van der Waals surface area (Å²) >= 11 is 0. The first-order chi connectivity index (χ1) is 11.5. The van der Waals surface area contributed by atoms with Crippen LogP contribution < -0.4 is 16.6 Å². The molecule has 0 radical (unpaired) electrons. The van der Waals surface area contributed by atoms with Crippen LogP contribution in [0.3, 0.4) is 0 Å². The van der Waals surface area contributed by atoms with Crippen LogP contribution in [0.2, 0.25) is 0 Å². The summed E-state index contributed by atoms with van der Waals surface area (Å²) in [5.41, 5.74) is 6.67. The average molecular weight is 323 g/mol. The van der Waals surface area contributed by atoms with Crippen LogP contribution in [0.25, 0.3) is 5.69 Å². The molecule has 0 aliphatic rings. The minimum Gasteiger partial charge on any atom is -0.399 e. The number of anilines is 2. The largest absolute Gasteiger partial charge is 0.399 e. The molecular weight excluding hydrogens is 309 g/mol. The number of carbonyl (C=O) groups is 1. The molecule has 0 spiro atoms. The molecule has 1 heterocycles. The van der Waals surface area contributed by atoms with E-state index in [1.54, 1.807) is 30.3 Å². The molecular formula is C18H14FN3O2. The van der Waals surface area contributed by atoms with E-state index in [-0.39, 0.29) is 5.56 Å². The molecule has 1 aromatic heterocycles. The molecule has 6 heteroatoms. The highest BCUT2D eigenvalue weighted by molar-refractivity contribution is 6.04. The fourth-order valence-corrected chi connectivity index (χ4v) is 2.24. The summed E-state index contributed by atoms with van der Waals surface area (Å²) in [6, 6.07) is 15.1. The zero-order valence-corrected chi connectivity index (χ0v) is 12.6. The lowest BCUT2D eigenvalue weighted by molar-refractivity contribution is 0.102. The van der Waals surface area contributed by atoms with Crippen LogP contribution in [-0.4, -0.2) is 10.5 Å². The summed E-state index contributed by atoms with van der Waals surface area (Å²) in [5, 5.41) is 2.65. The number of pyridine rings is 1. The summed E-state index contributed by atoms with van der Waals surface area (Å²) in [4.78, 5) is 24.9. The van der Waals surface area contributed by atoms with Crippen molar-refractivity contribution in [3.8, 4) is 5.69 Å². The van der Waals surface area contributed by atoms with Gasteiger partial charge in [-0.3, -0.25) is 14.2 Å². The lowest BCUT2D eigenvalue weighted by Gasteiger charge is -2.09. The predicted octanol–water partition coefficient (Wildman–Crippen LogP) is 2.81. The van der Waals surface area contributed by atoms with Gasteiger partial charge in [-0.1, -0.05) is 0 Å². The third kappa shape index (κ3) is 3.17. The van der Waals surface area contributed by atoms with E-state index >= 15 is 0 Å². The summed E-state index contributed by atoms with van der Waals surface area (Å²) in [5.74, 6) is -0.926. The Hall–Kier alpha value is -3.41. The first kappa shape index (κ1) is 15.5. The van der Waals surface area contributed by atoms with Gasteiger partial charge in [-0.05, 0) is 60.7 Å². The van der Waals surface area contributed by atoms with Gasteiger partial charge < -0.3 is 11.1 Å². The highest BCUT2D eigenvalue weighted by Crippen LogP contribution is 2.12. The van der Waals surface area contributed by atoms with Gasteiger partial charge in [0.05, 0.1) is 0 Å². The molecule has 0 bridgehead atoms. The Balaban J connectivity index is 1.92. The van der Waals surface area contributed by atoms with Gasteiger partial charge in [-0.25, -0.2) is 4.39 Å². The predicted molar refractivity (Wildman–Crippen MR) is 90.8 cm³/mol. The van der Waals surface area contributed by atoms with Crippen molar-refractivity contribution in [3.63, 3.8) is 0 Å². The van der Waals surface area contributed by atoms with Crippen LogP contribution in [-0.2, 0) is 0 Å².